The molecule has 0 spiro atoms. The van der Waals surface area contributed by atoms with Crippen LogP contribution in [0.2, 0.25) is 0 Å². The van der Waals surface area contributed by atoms with E-state index < -0.39 is 5.54 Å². The SMILES string of the molecule is C[C@H](NC(=O)C1(N)CCOC1)c1ccco1. The highest BCUT2D eigenvalue weighted by atomic mass is 16.5. The van der Waals surface area contributed by atoms with Gasteiger partial charge in [0, 0.05) is 6.61 Å². The van der Waals surface area contributed by atoms with Gasteiger partial charge in [-0.05, 0) is 25.5 Å². The van der Waals surface area contributed by atoms with Crippen LogP contribution in [-0.2, 0) is 9.53 Å². The summed E-state index contributed by atoms with van der Waals surface area (Å²) >= 11 is 0. The summed E-state index contributed by atoms with van der Waals surface area (Å²) in [7, 11) is 0. The number of carbonyl (C=O) groups is 1. The lowest BCUT2D eigenvalue weighted by atomic mass is 9.99. The molecule has 5 nitrogen and oxygen atoms in total. The number of hydrogen-bond acceptors (Lipinski definition) is 4. The highest BCUT2D eigenvalue weighted by Gasteiger charge is 2.38. The number of carbonyl (C=O) groups excluding carboxylic acids is 1. The topological polar surface area (TPSA) is 77.5 Å². The first-order valence-corrected chi connectivity index (χ1v) is 5.33. The third kappa shape index (κ3) is 2.10. The van der Waals surface area contributed by atoms with Crippen LogP contribution in [0.25, 0.3) is 0 Å². The second-order valence-corrected chi connectivity index (χ2v) is 4.17. The van der Waals surface area contributed by atoms with E-state index in [0.717, 1.165) is 5.76 Å². The van der Waals surface area contributed by atoms with Crippen LogP contribution in [0.5, 0.6) is 0 Å². The quantitative estimate of drug-likeness (QED) is 0.787. The van der Waals surface area contributed by atoms with E-state index in [9.17, 15) is 4.79 Å². The van der Waals surface area contributed by atoms with Gasteiger partial charge < -0.3 is 20.2 Å². The Bertz CT molecular complexity index is 355. The van der Waals surface area contributed by atoms with Crippen molar-refractivity contribution in [2.24, 2.45) is 5.73 Å². The molecule has 0 aromatic carbocycles. The standard InChI is InChI=1S/C11H16N2O3/c1-8(9-3-2-5-16-9)13-10(14)11(12)4-6-15-7-11/h2-3,5,8H,4,6-7,12H2,1H3,(H,13,14)/t8-,11?/m0/s1. The molecular weight excluding hydrogens is 208 g/mol. The lowest BCUT2D eigenvalue weighted by Crippen LogP contribution is -2.54. The Balaban J connectivity index is 1.97. The molecule has 2 heterocycles. The molecule has 0 aliphatic carbocycles. The van der Waals surface area contributed by atoms with Crippen LogP contribution in [0, 0.1) is 0 Å². The maximum Gasteiger partial charge on any atom is 0.243 e. The van der Waals surface area contributed by atoms with Crippen LogP contribution in [0.15, 0.2) is 22.8 Å². The maximum atomic E-state index is 11.9. The summed E-state index contributed by atoms with van der Waals surface area (Å²) in [6.07, 6.45) is 2.14. The van der Waals surface area contributed by atoms with Crippen LogP contribution >= 0.6 is 0 Å². The molecule has 5 heteroatoms. The molecule has 0 saturated carbocycles. The summed E-state index contributed by atoms with van der Waals surface area (Å²) in [6.45, 7) is 2.68. The molecule has 2 atom stereocenters. The molecule has 1 saturated heterocycles. The summed E-state index contributed by atoms with van der Waals surface area (Å²) in [5.41, 5.74) is 5.05. The van der Waals surface area contributed by atoms with Crippen molar-refractivity contribution in [2.45, 2.75) is 24.9 Å². The van der Waals surface area contributed by atoms with Crippen molar-refractivity contribution in [1.29, 1.82) is 0 Å². The summed E-state index contributed by atoms with van der Waals surface area (Å²) in [6, 6.07) is 3.43. The summed E-state index contributed by atoms with van der Waals surface area (Å²) in [5, 5.41) is 2.83. The van der Waals surface area contributed by atoms with E-state index >= 15 is 0 Å². The van der Waals surface area contributed by atoms with E-state index in [0.29, 0.717) is 13.0 Å². The van der Waals surface area contributed by atoms with E-state index in [1.54, 1.807) is 12.3 Å². The number of ether oxygens (including phenoxy) is 1. The van der Waals surface area contributed by atoms with Gasteiger partial charge in [-0.3, -0.25) is 4.79 Å². The van der Waals surface area contributed by atoms with Gasteiger partial charge in [0.15, 0.2) is 0 Å². The fourth-order valence-electron chi connectivity index (χ4n) is 1.71. The molecule has 1 aromatic rings. The van der Waals surface area contributed by atoms with Crippen molar-refractivity contribution in [3.05, 3.63) is 24.2 Å². The van der Waals surface area contributed by atoms with Gasteiger partial charge in [-0.25, -0.2) is 0 Å². The van der Waals surface area contributed by atoms with Crippen molar-refractivity contribution in [3.63, 3.8) is 0 Å². The van der Waals surface area contributed by atoms with Crippen molar-refractivity contribution < 1.29 is 13.9 Å². The Morgan fingerprint density at radius 3 is 3.06 bits per heavy atom. The number of nitrogens with two attached hydrogens (primary N) is 1. The Labute approximate surface area is 93.9 Å². The molecule has 16 heavy (non-hydrogen) atoms. The first kappa shape index (κ1) is 11.2. The van der Waals surface area contributed by atoms with Crippen molar-refractivity contribution in [1.82, 2.24) is 5.32 Å². The van der Waals surface area contributed by atoms with Gasteiger partial charge in [0.1, 0.15) is 11.3 Å². The lowest BCUT2D eigenvalue weighted by molar-refractivity contribution is -0.127. The van der Waals surface area contributed by atoms with Crippen molar-refractivity contribution in [3.8, 4) is 0 Å². The summed E-state index contributed by atoms with van der Waals surface area (Å²) in [4.78, 5) is 11.9. The monoisotopic (exact) mass is 224 g/mol. The molecule has 1 fully saturated rings. The van der Waals surface area contributed by atoms with E-state index in [4.69, 9.17) is 14.9 Å². The molecule has 2 rings (SSSR count). The fraction of sp³-hybridized carbons (Fsp3) is 0.545. The van der Waals surface area contributed by atoms with Gasteiger partial charge in [0.05, 0.1) is 18.9 Å². The predicted molar refractivity (Wildman–Crippen MR) is 57.6 cm³/mol. The van der Waals surface area contributed by atoms with Gasteiger partial charge in [0.25, 0.3) is 0 Å². The lowest BCUT2D eigenvalue weighted by Gasteiger charge is -2.22. The van der Waals surface area contributed by atoms with Gasteiger partial charge in [-0.2, -0.15) is 0 Å². The number of nitrogens with one attached hydrogen (secondary N) is 1. The van der Waals surface area contributed by atoms with E-state index in [1.807, 2.05) is 13.0 Å². The predicted octanol–water partition coefficient (Wildman–Crippen LogP) is 0.575. The van der Waals surface area contributed by atoms with E-state index in [1.165, 1.54) is 0 Å². The first-order chi connectivity index (χ1) is 7.62. The zero-order valence-electron chi connectivity index (χ0n) is 9.23. The molecule has 1 aliphatic heterocycles. The molecule has 1 amide bonds. The van der Waals surface area contributed by atoms with Crippen molar-refractivity contribution in [2.75, 3.05) is 13.2 Å². The van der Waals surface area contributed by atoms with Crippen LogP contribution in [-0.4, -0.2) is 24.7 Å². The normalized spacial score (nSPS) is 26.6. The number of furan rings is 1. The first-order valence-electron chi connectivity index (χ1n) is 5.33. The third-order valence-corrected chi connectivity index (χ3v) is 2.82. The van der Waals surface area contributed by atoms with Crippen LogP contribution in [0.3, 0.4) is 0 Å². The van der Waals surface area contributed by atoms with Crippen molar-refractivity contribution >= 4 is 5.91 Å². The maximum absolute atomic E-state index is 11.9. The zero-order chi connectivity index (χ0) is 11.6. The number of rotatable bonds is 3. The highest BCUT2D eigenvalue weighted by molar-refractivity contribution is 5.86. The van der Waals surface area contributed by atoms with Gasteiger partial charge in [0.2, 0.25) is 5.91 Å². The average Bonchev–Trinajstić information content (AvgIpc) is 2.88. The van der Waals surface area contributed by atoms with E-state index in [-0.39, 0.29) is 18.6 Å². The van der Waals surface area contributed by atoms with Crippen LogP contribution < -0.4 is 11.1 Å². The Hall–Kier alpha value is -1.33. The molecule has 1 aliphatic rings. The zero-order valence-corrected chi connectivity index (χ0v) is 9.23. The van der Waals surface area contributed by atoms with E-state index in [2.05, 4.69) is 5.32 Å². The minimum atomic E-state index is -0.888. The van der Waals surface area contributed by atoms with Gasteiger partial charge in [-0.15, -0.1) is 0 Å². The number of hydrogen-bond donors (Lipinski definition) is 2. The van der Waals surface area contributed by atoms with Crippen LogP contribution in [0.1, 0.15) is 25.1 Å². The molecule has 1 aromatic heterocycles. The molecule has 3 N–H and O–H groups in total. The minimum absolute atomic E-state index is 0.177. The van der Waals surface area contributed by atoms with Gasteiger partial charge >= 0.3 is 0 Å². The fourth-order valence-corrected chi connectivity index (χ4v) is 1.71. The highest BCUT2D eigenvalue weighted by Crippen LogP contribution is 2.18. The smallest absolute Gasteiger partial charge is 0.243 e. The molecule has 1 unspecified atom stereocenters. The second-order valence-electron chi connectivity index (χ2n) is 4.17. The van der Waals surface area contributed by atoms with Gasteiger partial charge in [-0.1, -0.05) is 0 Å². The molecule has 0 bridgehead atoms. The average molecular weight is 224 g/mol. The Morgan fingerprint density at radius 2 is 2.50 bits per heavy atom. The third-order valence-electron chi connectivity index (χ3n) is 2.82. The molecule has 0 radical (unpaired) electrons. The summed E-state index contributed by atoms with van der Waals surface area (Å²) in [5.74, 6) is 0.532. The molecule has 88 valence electrons. The minimum Gasteiger partial charge on any atom is -0.467 e. The summed E-state index contributed by atoms with van der Waals surface area (Å²) < 4.78 is 10.3. The Kier molecular flexibility index (Phi) is 2.98. The largest absolute Gasteiger partial charge is 0.467 e. The molecular formula is C11H16N2O3. The Morgan fingerprint density at radius 1 is 1.69 bits per heavy atom. The number of amides is 1. The van der Waals surface area contributed by atoms with Crippen LogP contribution in [0.4, 0.5) is 0 Å². The second kappa shape index (κ2) is 4.27.